The molecule has 1 nitrogen and oxygen atoms in total. The smallest absolute Gasteiger partial charge is 0.129 e. The van der Waals surface area contributed by atoms with Gasteiger partial charge in [0, 0.05) is 27.6 Å². The normalized spacial score (nSPS) is 12.4. The summed E-state index contributed by atoms with van der Waals surface area (Å²) >= 11 is 9.41. The SMILES string of the molecule is CC(Cc1c(F)cccc1F)NCc1cc(Cl)ccc1Br. The second-order valence-corrected chi connectivity index (χ2v) is 6.21. The molecule has 0 aliphatic heterocycles. The van der Waals surface area contributed by atoms with Crippen LogP contribution in [0.1, 0.15) is 18.1 Å². The fraction of sp³-hybridized carbons (Fsp3) is 0.250. The van der Waals surface area contributed by atoms with Gasteiger partial charge >= 0.3 is 0 Å². The van der Waals surface area contributed by atoms with Gasteiger partial charge in [-0.25, -0.2) is 8.78 Å². The monoisotopic (exact) mass is 373 g/mol. The standard InChI is InChI=1S/C16H15BrClF2N/c1-10(7-13-15(19)3-2-4-16(13)20)21-9-11-8-12(18)5-6-14(11)17/h2-6,8,10,21H,7,9H2,1H3. The summed E-state index contributed by atoms with van der Waals surface area (Å²) < 4.78 is 28.1. The van der Waals surface area contributed by atoms with Crippen molar-refractivity contribution in [3.63, 3.8) is 0 Å². The Balaban J connectivity index is 1.99. The van der Waals surface area contributed by atoms with Crippen LogP contribution in [0.5, 0.6) is 0 Å². The molecule has 5 heteroatoms. The molecule has 2 aromatic rings. The molecule has 0 spiro atoms. The second-order valence-electron chi connectivity index (χ2n) is 4.92. The summed E-state index contributed by atoms with van der Waals surface area (Å²) in [5, 5.41) is 3.90. The highest BCUT2D eigenvalue weighted by Gasteiger charge is 2.12. The molecule has 0 radical (unpaired) electrons. The predicted octanol–water partition coefficient (Wildman–Crippen LogP) is 5.10. The average molecular weight is 375 g/mol. The minimum Gasteiger partial charge on any atom is -0.310 e. The van der Waals surface area contributed by atoms with E-state index < -0.39 is 11.6 Å². The van der Waals surface area contributed by atoms with Gasteiger partial charge in [0.25, 0.3) is 0 Å². The number of halogens is 4. The Labute approximate surface area is 136 Å². The van der Waals surface area contributed by atoms with Crippen molar-refractivity contribution in [3.8, 4) is 0 Å². The van der Waals surface area contributed by atoms with Crippen LogP contribution in [-0.4, -0.2) is 6.04 Å². The van der Waals surface area contributed by atoms with Crippen LogP contribution in [0.2, 0.25) is 5.02 Å². The molecule has 21 heavy (non-hydrogen) atoms. The molecular formula is C16H15BrClF2N. The summed E-state index contributed by atoms with van der Waals surface area (Å²) in [6.07, 6.45) is 0.288. The molecule has 0 fully saturated rings. The van der Waals surface area contributed by atoms with Crippen LogP contribution in [0, 0.1) is 11.6 Å². The molecule has 2 rings (SSSR count). The Morgan fingerprint density at radius 3 is 2.52 bits per heavy atom. The van der Waals surface area contributed by atoms with Crippen molar-refractivity contribution in [2.75, 3.05) is 0 Å². The van der Waals surface area contributed by atoms with Gasteiger partial charge in [0.1, 0.15) is 11.6 Å². The zero-order chi connectivity index (χ0) is 15.4. The largest absolute Gasteiger partial charge is 0.310 e. The lowest BCUT2D eigenvalue weighted by molar-refractivity contribution is 0.499. The van der Waals surface area contributed by atoms with Crippen LogP contribution < -0.4 is 5.32 Å². The van der Waals surface area contributed by atoms with Crippen molar-refractivity contribution in [2.45, 2.75) is 25.9 Å². The van der Waals surface area contributed by atoms with Crippen LogP contribution in [0.15, 0.2) is 40.9 Å². The first-order valence-corrected chi connectivity index (χ1v) is 7.74. The van der Waals surface area contributed by atoms with E-state index in [4.69, 9.17) is 11.6 Å². The molecule has 0 aliphatic carbocycles. The number of nitrogens with one attached hydrogen (secondary N) is 1. The fourth-order valence-corrected chi connectivity index (χ4v) is 2.65. The fourth-order valence-electron chi connectivity index (χ4n) is 2.07. The van der Waals surface area contributed by atoms with Crippen molar-refractivity contribution >= 4 is 27.5 Å². The quantitative estimate of drug-likeness (QED) is 0.767. The lowest BCUT2D eigenvalue weighted by atomic mass is 10.1. The third-order valence-corrected chi connectivity index (χ3v) is 4.23. The lowest BCUT2D eigenvalue weighted by Crippen LogP contribution is -2.28. The number of hydrogen-bond acceptors (Lipinski definition) is 1. The van der Waals surface area contributed by atoms with Crippen molar-refractivity contribution in [1.82, 2.24) is 5.32 Å². The van der Waals surface area contributed by atoms with Crippen LogP contribution >= 0.6 is 27.5 Å². The zero-order valence-corrected chi connectivity index (χ0v) is 13.8. The Kier molecular flexibility index (Phi) is 5.73. The van der Waals surface area contributed by atoms with E-state index in [1.165, 1.54) is 18.2 Å². The topological polar surface area (TPSA) is 12.0 Å². The third kappa shape index (κ3) is 4.50. The summed E-state index contributed by atoms with van der Waals surface area (Å²) in [7, 11) is 0. The number of hydrogen-bond donors (Lipinski definition) is 1. The Hall–Kier alpha value is -0.970. The van der Waals surface area contributed by atoms with Gasteiger partial charge in [-0.3, -0.25) is 0 Å². The first-order chi connectivity index (χ1) is 9.97. The molecule has 112 valence electrons. The molecule has 1 atom stereocenters. The number of benzene rings is 2. The summed E-state index contributed by atoms with van der Waals surface area (Å²) in [6, 6.07) is 9.39. The Morgan fingerprint density at radius 1 is 1.19 bits per heavy atom. The zero-order valence-electron chi connectivity index (χ0n) is 11.5. The molecule has 2 aromatic carbocycles. The molecule has 1 N–H and O–H groups in total. The minimum absolute atomic E-state index is 0.0673. The van der Waals surface area contributed by atoms with Crippen LogP contribution in [0.3, 0.4) is 0 Å². The Morgan fingerprint density at radius 2 is 1.86 bits per heavy atom. The Bertz CT molecular complexity index is 613. The van der Waals surface area contributed by atoms with E-state index in [0.717, 1.165) is 10.0 Å². The molecule has 0 bridgehead atoms. The summed E-state index contributed by atoms with van der Waals surface area (Å²) in [4.78, 5) is 0. The van der Waals surface area contributed by atoms with E-state index in [0.29, 0.717) is 11.6 Å². The summed E-state index contributed by atoms with van der Waals surface area (Å²) in [6.45, 7) is 2.46. The van der Waals surface area contributed by atoms with Gasteiger partial charge in [-0.1, -0.05) is 33.6 Å². The molecule has 0 heterocycles. The van der Waals surface area contributed by atoms with E-state index in [1.807, 2.05) is 19.1 Å². The van der Waals surface area contributed by atoms with Gasteiger partial charge in [0.2, 0.25) is 0 Å². The third-order valence-electron chi connectivity index (χ3n) is 3.22. The first kappa shape index (κ1) is 16.4. The van der Waals surface area contributed by atoms with Gasteiger partial charge in [0.05, 0.1) is 0 Å². The van der Waals surface area contributed by atoms with E-state index in [1.54, 1.807) is 6.07 Å². The van der Waals surface area contributed by atoms with Gasteiger partial charge in [0.15, 0.2) is 0 Å². The number of rotatable bonds is 5. The highest BCUT2D eigenvalue weighted by Crippen LogP contribution is 2.21. The lowest BCUT2D eigenvalue weighted by Gasteiger charge is -2.15. The molecule has 0 saturated heterocycles. The summed E-state index contributed by atoms with van der Waals surface area (Å²) in [5.41, 5.74) is 1.12. The molecule has 0 aromatic heterocycles. The van der Waals surface area contributed by atoms with Crippen LogP contribution in [-0.2, 0) is 13.0 Å². The van der Waals surface area contributed by atoms with E-state index in [9.17, 15) is 8.78 Å². The van der Waals surface area contributed by atoms with Gasteiger partial charge in [-0.05, 0) is 49.2 Å². The maximum atomic E-state index is 13.6. The molecule has 1 unspecified atom stereocenters. The predicted molar refractivity (Wildman–Crippen MR) is 85.5 cm³/mol. The summed E-state index contributed by atoms with van der Waals surface area (Å²) in [5.74, 6) is -1.01. The molecular weight excluding hydrogens is 360 g/mol. The molecule has 0 amide bonds. The molecule has 0 aliphatic rings. The van der Waals surface area contributed by atoms with E-state index in [2.05, 4.69) is 21.2 Å². The van der Waals surface area contributed by atoms with Crippen LogP contribution in [0.25, 0.3) is 0 Å². The first-order valence-electron chi connectivity index (χ1n) is 6.57. The maximum Gasteiger partial charge on any atom is 0.129 e. The molecule has 0 saturated carbocycles. The maximum absolute atomic E-state index is 13.6. The van der Waals surface area contributed by atoms with Crippen LogP contribution in [0.4, 0.5) is 8.78 Å². The van der Waals surface area contributed by atoms with Crippen molar-refractivity contribution in [1.29, 1.82) is 0 Å². The minimum atomic E-state index is -0.507. The van der Waals surface area contributed by atoms with E-state index >= 15 is 0 Å². The van der Waals surface area contributed by atoms with Crippen molar-refractivity contribution in [3.05, 3.63) is 68.7 Å². The second kappa shape index (κ2) is 7.34. The van der Waals surface area contributed by atoms with Crippen molar-refractivity contribution < 1.29 is 8.78 Å². The highest BCUT2D eigenvalue weighted by atomic mass is 79.9. The van der Waals surface area contributed by atoms with Crippen molar-refractivity contribution in [2.24, 2.45) is 0 Å². The average Bonchev–Trinajstić information content (AvgIpc) is 2.44. The van der Waals surface area contributed by atoms with Gasteiger partial charge in [-0.15, -0.1) is 0 Å². The van der Waals surface area contributed by atoms with Gasteiger partial charge in [-0.2, -0.15) is 0 Å². The van der Waals surface area contributed by atoms with E-state index in [-0.39, 0.29) is 18.0 Å². The highest BCUT2D eigenvalue weighted by molar-refractivity contribution is 9.10. The van der Waals surface area contributed by atoms with Gasteiger partial charge < -0.3 is 5.32 Å².